The number of rotatable bonds is 2. The van der Waals surface area contributed by atoms with Gasteiger partial charge >= 0.3 is 5.69 Å². The number of fused-ring (bicyclic) bond motifs is 3. The zero-order valence-electron chi connectivity index (χ0n) is 20.1. The molecule has 10 N–H and O–H groups in total. The van der Waals surface area contributed by atoms with Crippen LogP contribution >= 0.6 is 0 Å². The van der Waals surface area contributed by atoms with Crippen LogP contribution in [0.3, 0.4) is 0 Å². The van der Waals surface area contributed by atoms with Gasteiger partial charge in [-0.15, -0.1) is 0 Å². The van der Waals surface area contributed by atoms with Crippen molar-refractivity contribution in [3.05, 3.63) is 62.8 Å². The van der Waals surface area contributed by atoms with Crippen molar-refractivity contribution in [2.75, 3.05) is 12.3 Å². The van der Waals surface area contributed by atoms with Crippen molar-refractivity contribution >= 4 is 39.3 Å². The second-order valence-corrected chi connectivity index (χ2v) is 8.18. The number of nitrogen functional groups attached to an aromatic ring is 1. The summed E-state index contributed by atoms with van der Waals surface area (Å²) < 4.78 is 6.85. The summed E-state index contributed by atoms with van der Waals surface area (Å²) in [6, 6.07) is 0. The van der Waals surface area contributed by atoms with Gasteiger partial charge in [0.2, 0.25) is 0 Å². The standard InChI is InChI=1S/C10H13N5O4.C5H4N4O2.C5H4N4O/c11-8-5-9(13-2-12-8)15(3-14-5)10-7(18)6(17)4(1-16)19-10;10-4-2-3(7-1-6-2)8-5(11)9-4;10-5-3-4(7-1-6-3)8-2-9-5/h2-4,6-7,10,16-18H,1H2,(H2,11,12,13);1H,(H3,6,7,8,9,10,11);1-2H,(H2,6,7,8,9,10)/t4-,6-,7-,10-;;/m1../s1. The Morgan fingerprint density at radius 1 is 0.875 bits per heavy atom. The van der Waals surface area contributed by atoms with Crippen molar-refractivity contribution in [1.29, 1.82) is 0 Å². The summed E-state index contributed by atoms with van der Waals surface area (Å²) in [5.74, 6) is 0.218. The molecular formula is C20H21N13O7. The first-order valence-electron chi connectivity index (χ1n) is 11.4. The minimum atomic E-state index is -1.19. The molecule has 0 aliphatic carbocycles. The van der Waals surface area contributed by atoms with Crippen LogP contribution < -0.4 is 22.5 Å². The second kappa shape index (κ2) is 10.8. The first-order valence-corrected chi connectivity index (χ1v) is 11.4. The normalized spacial score (nSPS) is 20.3. The molecule has 0 aromatic carbocycles. The van der Waals surface area contributed by atoms with E-state index in [0.717, 1.165) is 0 Å². The Bertz CT molecular complexity index is 1940. The highest BCUT2D eigenvalue weighted by molar-refractivity contribution is 5.81. The molecule has 7 heterocycles. The topological polar surface area (TPSA) is 308 Å². The number of aromatic nitrogens is 12. The van der Waals surface area contributed by atoms with Gasteiger partial charge in [0.15, 0.2) is 34.5 Å². The van der Waals surface area contributed by atoms with Crippen LogP contribution in [0.15, 0.2) is 46.0 Å². The van der Waals surface area contributed by atoms with Crippen LogP contribution in [0.2, 0.25) is 0 Å². The maximum Gasteiger partial charge on any atom is 0.327 e. The van der Waals surface area contributed by atoms with E-state index >= 15 is 0 Å². The minimum Gasteiger partial charge on any atom is -0.394 e. The fourth-order valence-corrected chi connectivity index (χ4v) is 3.81. The van der Waals surface area contributed by atoms with E-state index in [1.165, 1.54) is 36.2 Å². The van der Waals surface area contributed by atoms with Gasteiger partial charge in [0, 0.05) is 0 Å². The van der Waals surface area contributed by atoms with Gasteiger partial charge in [-0.25, -0.2) is 34.7 Å². The maximum atomic E-state index is 10.9. The van der Waals surface area contributed by atoms with E-state index in [0.29, 0.717) is 22.3 Å². The van der Waals surface area contributed by atoms with Crippen LogP contribution in [0.5, 0.6) is 0 Å². The van der Waals surface area contributed by atoms with Gasteiger partial charge < -0.3 is 40.7 Å². The van der Waals surface area contributed by atoms with Crippen molar-refractivity contribution in [3.8, 4) is 0 Å². The number of nitrogens with two attached hydrogens (primary N) is 1. The number of hydrogen-bond donors (Lipinski definition) is 9. The van der Waals surface area contributed by atoms with Crippen molar-refractivity contribution in [2.24, 2.45) is 0 Å². The van der Waals surface area contributed by atoms with Crippen molar-refractivity contribution < 1.29 is 20.1 Å². The zero-order chi connectivity index (χ0) is 28.4. The molecule has 0 unspecified atom stereocenters. The average Bonchev–Trinajstić information content (AvgIpc) is 3.73. The summed E-state index contributed by atoms with van der Waals surface area (Å²) in [4.78, 5) is 67.7. The lowest BCUT2D eigenvalue weighted by molar-refractivity contribution is -0.0511. The highest BCUT2D eigenvalue weighted by Gasteiger charge is 2.43. The number of aromatic amines is 5. The third kappa shape index (κ3) is 4.92. The molecule has 20 heteroatoms. The van der Waals surface area contributed by atoms with Crippen LogP contribution in [-0.2, 0) is 4.74 Å². The average molecular weight is 555 g/mol. The molecule has 40 heavy (non-hydrogen) atoms. The number of aliphatic hydroxyl groups excluding tert-OH is 3. The molecule has 7 rings (SSSR count). The number of nitrogens with one attached hydrogen (secondary N) is 5. The minimum absolute atomic E-state index is 0.192. The number of anilines is 1. The summed E-state index contributed by atoms with van der Waals surface area (Å²) in [5.41, 5.74) is 6.67. The van der Waals surface area contributed by atoms with E-state index in [-0.39, 0.29) is 22.5 Å². The molecule has 0 spiro atoms. The second-order valence-electron chi connectivity index (χ2n) is 8.18. The summed E-state index contributed by atoms with van der Waals surface area (Å²) in [7, 11) is 0. The molecular weight excluding hydrogens is 534 g/mol. The highest BCUT2D eigenvalue weighted by Crippen LogP contribution is 2.31. The Balaban J connectivity index is 0.000000131. The van der Waals surface area contributed by atoms with Crippen molar-refractivity contribution in [3.63, 3.8) is 0 Å². The number of hydrogen-bond acceptors (Lipinski definition) is 14. The van der Waals surface area contributed by atoms with E-state index in [1.807, 2.05) is 0 Å². The molecule has 0 amide bonds. The molecule has 0 saturated carbocycles. The van der Waals surface area contributed by atoms with Gasteiger partial charge in [-0.1, -0.05) is 0 Å². The maximum absolute atomic E-state index is 10.9. The van der Waals surface area contributed by atoms with Gasteiger partial charge in [0.25, 0.3) is 11.1 Å². The Morgan fingerprint density at radius 3 is 2.33 bits per heavy atom. The number of H-pyrrole nitrogens is 5. The number of aliphatic hydroxyl groups is 3. The summed E-state index contributed by atoms with van der Waals surface area (Å²) in [6.07, 6.45) is 2.68. The molecule has 1 saturated heterocycles. The molecule has 0 radical (unpaired) electrons. The molecule has 6 aromatic heterocycles. The van der Waals surface area contributed by atoms with Gasteiger partial charge in [-0.2, -0.15) is 0 Å². The van der Waals surface area contributed by atoms with E-state index in [1.54, 1.807) is 0 Å². The summed E-state index contributed by atoms with van der Waals surface area (Å²) in [5, 5.41) is 28.7. The first kappa shape index (κ1) is 26.3. The third-order valence-corrected chi connectivity index (χ3v) is 5.73. The monoisotopic (exact) mass is 555 g/mol. The Hall–Kier alpha value is -5.31. The molecule has 20 nitrogen and oxygen atoms in total. The number of ether oxygens (including phenoxy) is 1. The van der Waals surface area contributed by atoms with Gasteiger partial charge in [-0.3, -0.25) is 24.1 Å². The van der Waals surface area contributed by atoms with Crippen molar-refractivity contribution in [2.45, 2.75) is 24.5 Å². The van der Waals surface area contributed by atoms with Gasteiger partial charge in [-0.05, 0) is 0 Å². The highest BCUT2D eigenvalue weighted by atomic mass is 16.6. The third-order valence-electron chi connectivity index (χ3n) is 5.73. The summed E-state index contributed by atoms with van der Waals surface area (Å²) in [6.45, 7) is -0.390. The lowest BCUT2D eigenvalue weighted by Crippen LogP contribution is -2.33. The lowest BCUT2D eigenvalue weighted by Gasteiger charge is -2.16. The van der Waals surface area contributed by atoms with Crippen LogP contribution in [-0.4, -0.2) is 99.6 Å². The lowest BCUT2D eigenvalue weighted by atomic mass is 10.1. The molecule has 0 bridgehead atoms. The molecule has 1 aliphatic rings. The van der Waals surface area contributed by atoms with E-state index < -0.39 is 42.4 Å². The van der Waals surface area contributed by atoms with Gasteiger partial charge in [0.1, 0.15) is 35.7 Å². The van der Waals surface area contributed by atoms with E-state index in [4.69, 9.17) is 15.6 Å². The van der Waals surface area contributed by atoms with Crippen LogP contribution in [0, 0.1) is 0 Å². The Labute approximate surface area is 219 Å². The summed E-state index contributed by atoms with van der Waals surface area (Å²) >= 11 is 0. The number of nitrogens with zero attached hydrogens (tertiary/aromatic N) is 7. The number of imidazole rings is 3. The smallest absolute Gasteiger partial charge is 0.327 e. The largest absolute Gasteiger partial charge is 0.394 e. The van der Waals surface area contributed by atoms with Crippen molar-refractivity contribution in [1.82, 2.24) is 59.4 Å². The quantitative estimate of drug-likeness (QED) is 0.101. The fourth-order valence-electron chi connectivity index (χ4n) is 3.81. The Kier molecular flexibility index (Phi) is 7.11. The molecule has 1 fully saturated rings. The molecule has 4 atom stereocenters. The Morgan fingerprint density at radius 2 is 1.60 bits per heavy atom. The first-order chi connectivity index (χ1) is 19.3. The van der Waals surface area contributed by atoms with E-state index in [2.05, 4.69) is 54.8 Å². The zero-order valence-corrected chi connectivity index (χ0v) is 20.1. The van der Waals surface area contributed by atoms with Crippen LogP contribution in [0.25, 0.3) is 33.5 Å². The molecule has 6 aromatic rings. The van der Waals surface area contributed by atoms with Crippen LogP contribution in [0.4, 0.5) is 5.82 Å². The fraction of sp³-hybridized carbons (Fsp3) is 0.250. The van der Waals surface area contributed by atoms with Gasteiger partial charge in [0.05, 0.1) is 31.9 Å². The molecule has 208 valence electrons. The SMILES string of the molecule is Nc1ncnc2c1ncn2[C@@H]1O[C@H](CO)[C@@H](O)[C@H]1O.O=c1[nH]c(=O)c2[nH]cnc2[nH]1.O=c1[nH]cnc2nc[nH]c12. The predicted octanol–water partition coefficient (Wildman–Crippen LogP) is -3.39. The van der Waals surface area contributed by atoms with E-state index in [9.17, 15) is 24.6 Å². The van der Waals surface area contributed by atoms with Crippen LogP contribution in [0.1, 0.15) is 6.23 Å². The predicted molar refractivity (Wildman–Crippen MR) is 135 cm³/mol. The molecule has 1 aliphatic heterocycles.